The maximum Gasteiger partial charge on any atom is 0.320 e. The third kappa shape index (κ3) is 5.53. The Kier molecular flexibility index (Phi) is 5.44. The molecule has 0 aromatic rings. The number of nitrogens with zero attached hydrogens (tertiary/aromatic N) is 1. The molecule has 1 aliphatic rings. The van der Waals surface area contributed by atoms with Gasteiger partial charge >= 0.3 is 5.97 Å². The number of hydrogen-bond acceptors (Lipinski definition) is 3. The van der Waals surface area contributed by atoms with Crippen molar-refractivity contribution in [2.24, 2.45) is 0 Å². The van der Waals surface area contributed by atoms with Gasteiger partial charge in [0.1, 0.15) is 5.60 Å². The summed E-state index contributed by atoms with van der Waals surface area (Å²) in [4.78, 5) is 14.1. The van der Waals surface area contributed by atoms with Crippen molar-refractivity contribution in [3.8, 4) is 0 Å². The molecule has 1 aliphatic carbocycles. The zero-order chi connectivity index (χ0) is 12.9. The standard InChI is InChI=1S/C14H27NO2/c1-5-15(12-9-7-6-8-10-12)11-13(16)17-14(2,3)4/h12H,5-11H2,1-4H3. The van der Waals surface area contributed by atoms with E-state index in [0.717, 1.165) is 6.54 Å². The Morgan fingerprint density at radius 1 is 1.24 bits per heavy atom. The molecule has 0 unspecified atom stereocenters. The van der Waals surface area contributed by atoms with Crippen molar-refractivity contribution in [3.63, 3.8) is 0 Å². The predicted molar refractivity (Wildman–Crippen MR) is 70.0 cm³/mol. The summed E-state index contributed by atoms with van der Waals surface area (Å²) in [5.74, 6) is -0.0927. The number of ether oxygens (including phenoxy) is 1. The molecule has 1 fully saturated rings. The van der Waals surface area contributed by atoms with Crippen LogP contribution in [0.5, 0.6) is 0 Å². The van der Waals surface area contributed by atoms with Gasteiger partial charge in [-0.05, 0) is 40.2 Å². The Labute approximate surface area is 106 Å². The molecule has 3 nitrogen and oxygen atoms in total. The van der Waals surface area contributed by atoms with Crippen LogP contribution >= 0.6 is 0 Å². The molecule has 1 rings (SSSR count). The fraction of sp³-hybridized carbons (Fsp3) is 0.929. The normalized spacial score (nSPS) is 18.4. The summed E-state index contributed by atoms with van der Waals surface area (Å²) in [5.41, 5.74) is -0.372. The number of likely N-dealkylation sites (N-methyl/N-ethyl adjacent to an activating group) is 1. The summed E-state index contributed by atoms with van der Waals surface area (Å²) < 4.78 is 5.38. The smallest absolute Gasteiger partial charge is 0.320 e. The Balaban J connectivity index is 2.42. The van der Waals surface area contributed by atoms with E-state index >= 15 is 0 Å². The van der Waals surface area contributed by atoms with Crippen LogP contribution < -0.4 is 0 Å². The number of rotatable bonds is 4. The third-order valence-electron chi connectivity index (χ3n) is 3.25. The lowest BCUT2D eigenvalue weighted by Gasteiger charge is -2.33. The van der Waals surface area contributed by atoms with Crippen LogP contribution in [0.25, 0.3) is 0 Å². The highest BCUT2D eigenvalue weighted by Gasteiger charge is 2.24. The van der Waals surface area contributed by atoms with Crippen molar-refractivity contribution >= 4 is 5.97 Å². The van der Waals surface area contributed by atoms with E-state index in [2.05, 4.69) is 11.8 Å². The summed E-state index contributed by atoms with van der Waals surface area (Å²) in [6.07, 6.45) is 6.42. The molecule has 100 valence electrons. The van der Waals surface area contributed by atoms with Crippen molar-refractivity contribution in [2.45, 2.75) is 71.4 Å². The average molecular weight is 241 g/mol. The molecule has 0 radical (unpaired) electrons. The summed E-state index contributed by atoms with van der Waals surface area (Å²) in [7, 11) is 0. The van der Waals surface area contributed by atoms with Crippen molar-refractivity contribution in [1.82, 2.24) is 4.90 Å². The molecule has 0 bridgehead atoms. The zero-order valence-electron chi connectivity index (χ0n) is 11.8. The molecule has 1 saturated carbocycles. The van der Waals surface area contributed by atoms with Gasteiger partial charge in [-0.15, -0.1) is 0 Å². The summed E-state index contributed by atoms with van der Waals surface area (Å²) in [5, 5.41) is 0. The van der Waals surface area contributed by atoms with Crippen LogP contribution in [0.1, 0.15) is 59.8 Å². The highest BCUT2D eigenvalue weighted by molar-refractivity contribution is 5.72. The SMILES string of the molecule is CCN(CC(=O)OC(C)(C)C)C1CCCCC1. The molecule has 0 spiro atoms. The highest BCUT2D eigenvalue weighted by atomic mass is 16.6. The van der Waals surface area contributed by atoms with Crippen LogP contribution in [0.2, 0.25) is 0 Å². The maximum atomic E-state index is 11.8. The quantitative estimate of drug-likeness (QED) is 0.709. The van der Waals surface area contributed by atoms with E-state index in [9.17, 15) is 4.79 Å². The van der Waals surface area contributed by atoms with Crippen molar-refractivity contribution in [1.29, 1.82) is 0 Å². The minimum atomic E-state index is -0.372. The van der Waals surface area contributed by atoms with Crippen LogP contribution in [-0.2, 0) is 9.53 Å². The summed E-state index contributed by atoms with van der Waals surface area (Å²) >= 11 is 0. The van der Waals surface area contributed by atoms with Crippen LogP contribution in [-0.4, -0.2) is 35.6 Å². The molecule has 0 aromatic carbocycles. The summed E-state index contributed by atoms with van der Waals surface area (Å²) in [6, 6.07) is 0.585. The largest absolute Gasteiger partial charge is 0.459 e. The van der Waals surface area contributed by atoms with E-state index in [1.807, 2.05) is 20.8 Å². The first kappa shape index (κ1) is 14.5. The van der Waals surface area contributed by atoms with Crippen molar-refractivity contribution in [2.75, 3.05) is 13.1 Å². The second-order valence-corrected chi connectivity index (χ2v) is 5.94. The number of esters is 1. The molecule has 3 heteroatoms. The van der Waals surface area contributed by atoms with E-state index in [-0.39, 0.29) is 11.6 Å². The molecule has 0 aliphatic heterocycles. The lowest BCUT2D eigenvalue weighted by atomic mass is 9.94. The monoisotopic (exact) mass is 241 g/mol. The van der Waals surface area contributed by atoms with Crippen LogP contribution in [0.4, 0.5) is 0 Å². The van der Waals surface area contributed by atoms with Gasteiger partial charge in [0, 0.05) is 6.04 Å². The molecule has 0 saturated heterocycles. The van der Waals surface area contributed by atoms with E-state index < -0.39 is 0 Å². The first-order valence-corrected chi connectivity index (χ1v) is 6.88. The van der Waals surface area contributed by atoms with E-state index in [1.165, 1.54) is 32.1 Å². The molecule has 0 N–H and O–H groups in total. The van der Waals surface area contributed by atoms with Gasteiger partial charge in [-0.2, -0.15) is 0 Å². The fourth-order valence-electron chi connectivity index (χ4n) is 2.48. The van der Waals surface area contributed by atoms with Gasteiger partial charge in [0.05, 0.1) is 6.54 Å². The molecule has 0 atom stereocenters. The second-order valence-electron chi connectivity index (χ2n) is 5.94. The molecular formula is C14H27NO2. The first-order chi connectivity index (χ1) is 7.92. The number of carbonyl (C=O) groups excluding carboxylic acids is 1. The Bertz CT molecular complexity index is 239. The third-order valence-corrected chi connectivity index (χ3v) is 3.25. The molecule has 0 amide bonds. The lowest BCUT2D eigenvalue weighted by Crippen LogP contribution is -2.42. The fourth-order valence-corrected chi connectivity index (χ4v) is 2.48. The van der Waals surface area contributed by atoms with Crippen LogP contribution in [0.15, 0.2) is 0 Å². The predicted octanol–water partition coefficient (Wildman–Crippen LogP) is 2.98. The molecule has 17 heavy (non-hydrogen) atoms. The van der Waals surface area contributed by atoms with Gasteiger partial charge < -0.3 is 4.74 Å². The second kappa shape index (κ2) is 6.39. The zero-order valence-corrected chi connectivity index (χ0v) is 11.8. The molecule has 0 aromatic heterocycles. The first-order valence-electron chi connectivity index (χ1n) is 6.88. The van der Waals surface area contributed by atoms with Crippen LogP contribution in [0.3, 0.4) is 0 Å². The number of carbonyl (C=O) groups is 1. The van der Waals surface area contributed by atoms with Crippen molar-refractivity contribution in [3.05, 3.63) is 0 Å². The van der Waals surface area contributed by atoms with E-state index in [4.69, 9.17) is 4.74 Å². The van der Waals surface area contributed by atoms with E-state index in [0.29, 0.717) is 12.6 Å². The number of hydrogen-bond donors (Lipinski definition) is 0. The van der Waals surface area contributed by atoms with Crippen LogP contribution in [0, 0.1) is 0 Å². The Morgan fingerprint density at radius 3 is 2.29 bits per heavy atom. The summed E-state index contributed by atoms with van der Waals surface area (Å²) in [6.45, 7) is 9.26. The Hall–Kier alpha value is -0.570. The average Bonchev–Trinajstić information content (AvgIpc) is 2.24. The highest BCUT2D eigenvalue weighted by Crippen LogP contribution is 2.22. The molecular weight excluding hydrogens is 214 g/mol. The minimum Gasteiger partial charge on any atom is -0.459 e. The van der Waals surface area contributed by atoms with E-state index in [1.54, 1.807) is 0 Å². The Morgan fingerprint density at radius 2 is 1.82 bits per heavy atom. The topological polar surface area (TPSA) is 29.5 Å². The maximum absolute atomic E-state index is 11.8. The minimum absolute atomic E-state index is 0.0927. The van der Waals surface area contributed by atoms with Gasteiger partial charge in [0.15, 0.2) is 0 Å². The van der Waals surface area contributed by atoms with Gasteiger partial charge in [-0.1, -0.05) is 26.2 Å². The van der Waals surface area contributed by atoms with Gasteiger partial charge in [-0.3, -0.25) is 9.69 Å². The van der Waals surface area contributed by atoms with Gasteiger partial charge in [0.25, 0.3) is 0 Å². The molecule has 0 heterocycles. The van der Waals surface area contributed by atoms with Gasteiger partial charge in [-0.25, -0.2) is 0 Å². The van der Waals surface area contributed by atoms with Crippen molar-refractivity contribution < 1.29 is 9.53 Å². The van der Waals surface area contributed by atoms with Gasteiger partial charge in [0.2, 0.25) is 0 Å². The lowest BCUT2D eigenvalue weighted by molar-refractivity contribution is -0.156.